The third-order valence-electron chi connectivity index (χ3n) is 2.69. The summed E-state index contributed by atoms with van der Waals surface area (Å²) in [6.45, 7) is 4.99. The lowest BCUT2D eigenvalue weighted by Gasteiger charge is -2.22. The first-order valence-electron chi connectivity index (χ1n) is 5.87. The Balaban J connectivity index is 0.00000289. The number of benzene rings is 1. The fraction of sp³-hybridized carbons (Fsp3) is 0.500. The molecule has 0 N–H and O–H groups in total. The molecular weight excluding hydrogens is 337 g/mol. The second-order valence-corrected chi connectivity index (χ2v) is 4.84. The number of hydrogen-bond donors (Lipinski definition) is 0. The SMILES string of the molecule is Cc1ccc(CN=C(N(C)C)N(C)C)c(C)c1.I. The Morgan fingerprint density at radius 2 is 1.61 bits per heavy atom. The van der Waals surface area contributed by atoms with Gasteiger partial charge in [-0.15, -0.1) is 24.0 Å². The first-order chi connectivity index (χ1) is 7.91. The van der Waals surface area contributed by atoms with E-state index in [2.05, 4.69) is 37.0 Å². The predicted octanol–water partition coefficient (Wildman–Crippen LogP) is 2.90. The van der Waals surface area contributed by atoms with E-state index in [-0.39, 0.29) is 24.0 Å². The highest BCUT2D eigenvalue weighted by atomic mass is 127. The summed E-state index contributed by atoms with van der Waals surface area (Å²) in [5.41, 5.74) is 3.90. The summed E-state index contributed by atoms with van der Waals surface area (Å²) in [5, 5.41) is 0. The Kier molecular flexibility index (Phi) is 7.28. The van der Waals surface area contributed by atoms with Gasteiger partial charge in [0.15, 0.2) is 5.96 Å². The lowest BCUT2D eigenvalue weighted by Crippen LogP contribution is -2.35. The quantitative estimate of drug-likeness (QED) is 0.458. The van der Waals surface area contributed by atoms with Gasteiger partial charge in [-0.3, -0.25) is 0 Å². The molecule has 18 heavy (non-hydrogen) atoms. The third kappa shape index (κ3) is 4.84. The summed E-state index contributed by atoms with van der Waals surface area (Å²) in [6.07, 6.45) is 0. The molecule has 0 saturated heterocycles. The Labute approximate surface area is 128 Å². The summed E-state index contributed by atoms with van der Waals surface area (Å²) < 4.78 is 0. The van der Waals surface area contributed by atoms with Crippen LogP contribution in [-0.2, 0) is 6.54 Å². The fourth-order valence-corrected chi connectivity index (χ4v) is 1.86. The van der Waals surface area contributed by atoms with Crippen LogP contribution in [0.5, 0.6) is 0 Å². The van der Waals surface area contributed by atoms with E-state index in [4.69, 9.17) is 0 Å². The topological polar surface area (TPSA) is 18.8 Å². The van der Waals surface area contributed by atoms with Crippen LogP contribution in [0.1, 0.15) is 16.7 Å². The summed E-state index contributed by atoms with van der Waals surface area (Å²) in [6, 6.07) is 6.51. The monoisotopic (exact) mass is 361 g/mol. The van der Waals surface area contributed by atoms with Crippen LogP contribution in [0.2, 0.25) is 0 Å². The molecule has 0 radical (unpaired) electrons. The van der Waals surface area contributed by atoms with E-state index < -0.39 is 0 Å². The second-order valence-electron chi connectivity index (χ2n) is 4.84. The molecule has 3 nitrogen and oxygen atoms in total. The van der Waals surface area contributed by atoms with Crippen LogP contribution in [-0.4, -0.2) is 44.0 Å². The smallest absolute Gasteiger partial charge is 0.195 e. The average Bonchev–Trinajstić information content (AvgIpc) is 2.20. The molecule has 1 aromatic rings. The van der Waals surface area contributed by atoms with Gasteiger partial charge in [-0.25, -0.2) is 4.99 Å². The van der Waals surface area contributed by atoms with Crippen LogP contribution >= 0.6 is 24.0 Å². The highest BCUT2D eigenvalue weighted by molar-refractivity contribution is 14.0. The molecule has 0 bridgehead atoms. The molecule has 1 rings (SSSR count). The zero-order chi connectivity index (χ0) is 13.0. The third-order valence-corrected chi connectivity index (χ3v) is 2.69. The number of aliphatic imine (C=N–C) groups is 1. The molecule has 0 atom stereocenters. The number of aryl methyl sites for hydroxylation is 2. The van der Waals surface area contributed by atoms with Crippen LogP contribution in [0.25, 0.3) is 0 Å². The molecule has 0 heterocycles. The van der Waals surface area contributed by atoms with Crippen molar-refractivity contribution in [1.82, 2.24) is 9.80 Å². The molecule has 0 aliphatic rings. The van der Waals surface area contributed by atoms with E-state index in [0.717, 1.165) is 12.5 Å². The Bertz CT molecular complexity index is 402. The van der Waals surface area contributed by atoms with Gasteiger partial charge in [0.05, 0.1) is 6.54 Å². The van der Waals surface area contributed by atoms with Gasteiger partial charge in [0.25, 0.3) is 0 Å². The maximum atomic E-state index is 4.65. The largest absolute Gasteiger partial charge is 0.349 e. The maximum absolute atomic E-state index is 4.65. The van der Waals surface area contributed by atoms with E-state index in [9.17, 15) is 0 Å². The van der Waals surface area contributed by atoms with Crippen LogP contribution < -0.4 is 0 Å². The van der Waals surface area contributed by atoms with E-state index in [0.29, 0.717) is 0 Å². The summed E-state index contributed by atoms with van der Waals surface area (Å²) in [5.74, 6) is 0.991. The first kappa shape index (κ1) is 17.2. The van der Waals surface area contributed by atoms with Crippen molar-refractivity contribution in [3.63, 3.8) is 0 Å². The van der Waals surface area contributed by atoms with Crippen molar-refractivity contribution in [2.45, 2.75) is 20.4 Å². The zero-order valence-electron chi connectivity index (χ0n) is 12.2. The molecule has 0 aromatic heterocycles. The minimum Gasteiger partial charge on any atom is -0.349 e. The summed E-state index contributed by atoms with van der Waals surface area (Å²) in [7, 11) is 8.06. The maximum Gasteiger partial charge on any atom is 0.195 e. The fourth-order valence-electron chi connectivity index (χ4n) is 1.86. The number of nitrogens with zero attached hydrogens (tertiary/aromatic N) is 3. The predicted molar refractivity (Wildman–Crippen MR) is 89.8 cm³/mol. The molecular formula is C14H24IN3. The van der Waals surface area contributed by atoms with Gasteiger partial charge in [0, 0.05) is 28.2 Å². The van der Waals surface area contributed by atoms with Gasteiger partial charge in [0.1, 0.15) is 0 Å². The molecule has 4 heteroatoms. The van der Waals surface area contributed by atoms with Gasteiger partial charge >= 0.3 is 0 Å². The van der Waals surface area contributed by atoms with E-state index in [1.165, 1.54) is 16.7 Å². The Hall–Kier alpha value is -0.780. The number of halogens is 1. The minimum absolute atomic E-state index is 0. The highest BCUT2D eigenvalue weighted by Crippen LogP contribution is 2.11. The molecule has 0 saturated carbocycles. The van der Waals surface area contributed by atoms with E-state index in [1.54, 1.807) is 0 Å². The number of guanidine groups is 1. The van der Waals surface area contributed by atoms with Gasteiger partial charge in [0.2, 0.25) is 0 Å². The summed E-state index contributed by atoms with van der Waals surface area (Å²) >= 11 is 0. The Morgan fingerprint density at radius 3 is 2.06 bits per heavy atom. The van der Waals surface area contributed by atoms with Crippen LogP contribution in [0.4, 0.5) is 0 Å². The standard InChI is InChI=1S/C14H23N3.HI/c1-11-7-8-13(12(2)9-11)10-15-14(16(3)4)17(5)6;/h7-9H,10H2,1-6H3;1H. The van der Waals surface area contributed by atoms with Crippen LogP contribution in [0.15, 0.2) is 23.2 Å². The second kappa shape index (κ2) is 7.61. The van der Waals surface area contributed by atoms with Gasteiger partial charge in [-0.2, -0.15) is 0 Å². The van der Waals surface area contributed by atoms with Gasteiger partial charge in [-0.05, 0) is 25.0 Å². The lowest BCUT2D eigenvalue weighted by molar-refractivity contribution is 0.479. The molecule has 0 fully saturated rings. The van der Waals surface area contributed by atoms with Crippen molar-refractivity contribution in [3.05, 3.63) is 34.9 Å². The molecule has 1 aromatic carbocycles. The molecule has 0 amide bonds. The molecule has 102 valence electrons. The van der Waals surface area contributed by atoms with Crippen molar-refractivity contribution in [3.8, 4) is 0 Å². The first-order valence-corrected chi connectivity index (χ1v) is 5.87. The van der Waals surface area contributed by atoms with Crippen molar-refractivity contribution in [1.29, 1.82) is 0 Å². The minimum atomic E-state index is 0. The van der Waals surface area contributed by atoms with Crippen LogP contribution in [0, 0.1) is 13.8 Å². The van der Waals surface area contributed by atoms with E-state index >= 15 is 0 Å². The van der Waals surface area contributed by atoms with Crippen molar-refractivity contribution in [2.75, 3.05) is 28.2 Å². The van der Waals surface area contributed by atoms with Gasteiger partial charge in [-0.1, -0.05) is 23.8 Å². The van der Waals surface area contributed by atoms with Crippen molar-refractivity contribution >= 4 is 29.9 Å². The zero-order valence-corrected chi connectivity index (χ0v) is 14.5. The van der Waals surface area contributed by atoms with Gasteiger partial charge < -0.3 is 9.80 Å². The normalized spacial score (nSPS) is 9.44. The van der Waals surface area contributed by atoms with E-state index in [1.807, 2.05) is 38.0 Å². The van der Waals surface area contributed by atoms with Crippen LogP contribution in [0.3, 0.4) is 0 Å². The molecule has 0 unspecified atom stereocenters. The molecule has 0 spiro atoms. The molecule has 0 aliphatic heterocycles. The lowest BCUT2D eigenvalue weighted by atomic mass is 10.1. The van der Waals surface area contributed by atoms with Crippen molar-refractivity contribution < 1.29 is 0 Å². The van der Waals surface area contributed by atoms with Crippen molar-refractivity contribution in [2.24, 2.45) is 4.99 Å². The highest BCUT2D eigenvalue weighted by Gasteiger charge is 2.04. The average molecular weight is 361 g/mol. The summed E-state index contributed by atoms with van der Waals surface area (Å²) in [4.78, 5) is 8.71. The number of hydrogen-bond acceptors (Lipinski definition) is 1. The Morgan fingerprint density at radius 1 is 1.06 bits per heavy atom. The molecule has 0 aliphatic carbocycles. The number of rotatable bonds is 2.